The molecule has 0 atom stereocenters. The van der Waals surface area contributed by atoms with Crippen LogP contribution in [0.2, 0.25) is 0 Å². The van der Waals surface area contributed by atoms with Crippen molar-refractivity contribution in [2.75, 3.05) is 0 Å². The molecule has 0 aromatic heterocycles. The second kappa shape index (κ2) is 6.00. The van der Waals surface area contributed by atoms with E-state index >= 15 is 0 Å². The van der Waals surface area contributed by atoms with Gasteiger partial charge in [0, 0.05) is 0 Å². The average Bonchev–Trinajstić information content (AvgIpc) is 2.20. The van der Waals surface area contributed by atoms with Gasteiger partial charge in [0.15, 0.2) is 0 Å². The summed E-state index contributed by atoms with van der Waals surface area (Å²) in [6.07, 6.45) is 0. The van der Waals surface area contributed by atoms with Crippen LogP contribution in [0.4, 0.5) is 48.3 Å². The van der Waals surface area contributed by atoms with Gasteiger partial charge in [0.25, 0.3) is 0 Å². The summed E-state index contributed by atoms with van der Waals surface area (Å²) in [4.78, 5) is -10.2. The van der Waals surface area contributed by atoms with E-state index in [9.17, 15) is 73.5 Å². The van der Waals surface area contributed by atoms with E-state index in [1.807, 2.05) is 0 Å². The third-order valence-electron chi connectivity index (χ3n) is 2.49. The molecule has 0 aliphatic heterocycles. The fourth-order valence-electron chi connectivity index (χ4n) is 1.43. The number of hydrogen-bond acceptors (Lipinski definition) is 6. The minimum absolute atomic E-state index is 1.20. The van der Waals surface area contributed by atoms with E-state index < -0.39 is 62.4 Å². The molecule has 0 heterocycles. The van der Waals surface area contributed by atoms with Crippen LogP contribution in [0.15, 0.2) is 0 Å². The molecule has 0 aliphatic carbocycles. The molecule has 26 heavy (non-hydrogen) atoms. The Hall–Kier alpha value is -0.490. The Morgan fingerprint density at radius 2 is 0.769 bits per heavy atom. The molecule has 0 saturated heterocycles. The molecule has 0 N–H and O–H groups in total. The first-order valence-corrected chi connectivity index (χ1v) is 13.7. The summed E-state index contributed by atoms with van der Waals surface area (Å²) in [5.41, 5.74) is -15.2. The van der Waals surface area contributed by atoms with Crippen LogP contribution in [0.25, 0.3) is 0 Å². The van der Waals surface area contributed by atoms with Crippen molar-refractivity contribution in [3.05, 3.63) is 0 Å². The van der Waals surface area contributed by atoms with Gasteiger partial charge in [-0.3, -0.25) is 0 Å². The van der Waals surface area contributed by atoms with Crippen molar-refractivity contribution < 1.29 is 73.5 Å². The van der Waals surface area contributed by atoms with Crippen LogP contribution in [-0.4, -0.2) is 47.4 Å². The van der Waals surface area contributed by atoms with Gasteiger partial charge in [-0.15, -0.1) is 0 Å². The van der Waals surface area contributed by atoms with Gasteiger partial charge in [-0.1, -0.05) is 0 Å². The van der Waals surface area contributed by atoms with Crippen molar-refractivity contribution in [1.82, 2.24) is 0 Å². The second-order valence-corrected chi connectivity index (χ2v) is 23.3. The first-order valence-electron chi connectivity index (χ1n) is 5.05. The molecule has 6 nitrogen and oxygen atoms in total. The Morgan fingerprint density at radius 1 is 0.538 bits per heavy atom. The molecule has 0 unspecified atom stereocenters. The monoisotopic (exact) mass is 496 g/mol. The summed E-state index contributed by atoms with van der Waals surface area (Å²) in [5.74, 6) is -7.91. The third kappa shape index (κ3) is 3.05. The van der Waals surface area contributed by atoms with E-state index in [1.165, 1.54) is 0 Å². The van der Waals surface area contributed by atoms with Crippen LogP contribution < -0.4 is 0 Å². The summed E-state index contributed by atoms with van der Waals surface area (Å²) in [6, 6.07) is 0. The minimum atomic E-state index is -10.2. The third-order valence-corrected chi connectivity index (χ3v) is 30.2. The van der Waals surface area contributed by atoms with Crippen LogP contribution in [0.3, 0.4) is 0 Å². The van der Waals surface area contributed by atoms with E-state index in [4.69, 9.17) is 0 Å². The Balaban J connectivity index is 8.24. The van der Waals surface area contributed by atoms with E-state index in [0.29, 0.717) is 0 Å². The second-order valence-electron chi connectivity index (χ2n) is 4.26. The molecule has 0 rings (SSSR count). The predicted molar refractivity (Wildman–Crippen MR) is 63.9 cm³/mol. The van der Waals surface area contributed by atoms with Gasteiger partial charge in [0.2, 0.25) is 0 Å². The number of alkyl halides is 11. The van der Waals surface area contributed by atoms with Gasteiger partial charge < -0.3 is 0 Å². The van der Waals surface area contributed by atoms with Crippen molar-refractivity contribution >= 4 is 33.2 Å². The Morgan fingerprint density at radius 3 is 0.885 bits per heavy atom. The van der Waals surface area contributed by atoms with Crippen LogP contribution in [-0.2, 0) is 28.4 Å². The summed E-state index contributed by atoms with van der Waals surface area (Å²) in [5, 5.41) is -6.26. The Kier molecular flexibility index (Phi) is 5.89. The van der Waals surface area contributed by atoms with Crippen molar-refractivity contribution in [1.29, 1.82) is 0 Å². The van der Waals surface area contributed by atoms with E-state index in [0.717, 1.165) is 0 Å². The molecule has 0 bridgehead atoms. The SMILES string of the molecule is CC(F)(F)S(=O)(=O)[PH](C(F)(F)F)(S(=O)(=O)C(F)(F)F)S(=O)(=O)C(F)(F)F. The number of hydrogen-bond donors (Lipinski definition) is 0. The summed E-state index contributed by atoms with van der Waals surface area (Å²) >= 11 is 0. The van der Waals surface area contributed by atoms with E-state index in [1.54, 1.807) is 0 Å². The molecule has 0 aliphatic rings. The molecule has 21 heteroatoms. The zero-order chi connectivity index (χ0) is 22.0. The fourth-order valence-corrected chi connectivity index (χ4v) is 26.7. The number of rotatable bonds is 4. The zero-order valence-electron chi connectivity index (χ0n) is 11.3. The predicted octanol–water partition coefficient (Wildman–Crippen LogP) is 2.90. The summed E-state index contributed by atoms with van der Waals surface area (Å²) < 4.78 is 207. The van der Waals surface area contributed by atoms with Crippen LogP contribution in [0, 0.1) is 0 Å². The normalized spacial score (nSPS) is 17.2. The van der Waals surface area contributed by atoms with E-state index in [2.05, 4.69) is 0 Å². The van der Waals surface area contributed by atoms with Crippen LogP contribution in [0.5, 0.6) is 0 Å². The van der Waals surface area contributed by atoms with Crippen molar-refractivity contribution in [2.24, 2.45) is 0 Å². The molecule has 160 valence electrons. The maximum atomic E-state index is 13.0. The fraction of sp³-hybridized carbons (Fsp3) is 1.00. The molecule has 0 amide bonds. The first-order chi connectivity index (χ1) is 10.8. The van der Waals surface area contributed by atoms with E-state index in [-0.39, 0.29) is 0 Å². The van der Waals surface area contributed by atoms with Gasteiger partial charge in [-0.2, -0.15) is 0 Å². The molecule has 0 spiro atoms. The van der Waals surface area contributed by atoms with Crippen LogP contribution in [0.1, 0.15) is 6.92 Å². The number of halogens is 11. The molecular weight excluding hydrogens is 492 g/mol. The molecule has 0 aromatic carbocycles. The topological polar surface area (TPSA) is 102 Å². The maximum absolute atomic E-state index is 13.0. The summed E-state index contributed by atoms with van der Waals surface area (Å²) in [7, 11) is -26.3. The van der Waals surface area contributed by atoms with Crippen molar-refractivity contribution in [3.63, 3.8) is 0 Å². The van der Waals surface area contributed by atoms with Crippen LogP contribution >= 0.6 is 4.87 Å². The van der Waals surface area contributed by atoms with Gasteiger partial charge in [0.1, 0.15) is 0 Å². The summed E-state index contributed by atoms with van der Waals surface area (Å²) in [6.45, 7) is -1.20. The van der Waals surface area contributed by atoms with Crippen molar-refractivity contribution in [3.8, 4) is 0 Å². The molecular formula is C5H4F11O6PS3. The Bertz CT molecular complexity index is 761. The molecule has 0 aromatic rings. The molecule has 0 radical (unpaired) electrons. The molecule has 0 saturated carbocycles. The van der Waals surface area contributed by atoms with Gasteiger partial charge >= 0.3 is 136 Å². The van der Waals surface area contributed by atoms with Crippen molar-refractivity contribution in [2.45, 2.75) is 29.1 Å². The average molecular weight is 496 g/mol. The van der Waals surface area contributed by atoms with Gasteiger partial charge in [-0.05, 0) is 0 Å². The van der Waals surface area contributed by atoms with Gasteiger partial charge in [0.05, 0.1) is 0 Å². The first kappa shape index (κ1) is 25.5. The quantitative estimate of drug-likeness (QED) is 0.438. The molecule has 0 fully saturated rings. The van der Waals surface area contributed by atoms with Gasteiger partial charge in [-0.25, -0.2) is 0 Å². The Labute approximate surface area is 136 Å². The zero-order valence-corrected chi connectivity index (χ0v) is 14.8. The standard InChI is InChI=1S/C5H4F11O6PS3/c1-2(6,7)24(17,18)23(3(8,9)10,25(19,20)4(11,12)13)26(21,22)5(14,15)16/h23H,1H3.